The van der Waals surface area contributed by atoms with Gasteiger partial charge < -0.3 is 29.3 Å². The molecule has 2 heterocycles. The topological polar surface area (TPSA) is 80.3 Å². The van der Waals surface area contributed by atoms with Gasteiger partial charge in [0.05, 0.1) is 22.9 Å². The Morgan fingerprint density at radius 1 is 1.37 bits per heavy atom. The summed E-state index contributed by atoms with van der Waals surface area (Å²) in [5, 5.41) is 3.71. The molecule has 2 aliphatic heterocycles. The number of nitrogens with zero attached hydrogens (tertiary/aromatic N) is 2. The molecule has 0 bridgehead atoms. The SMILES string of the molecule is CCOCC1(C)Oc2cc(Cl)c(C(=O)N(C(C)C)[C@@H]3CCCNC3)cc2N(CCCCOC)C1=O. The van der Waals surface area contributed by atoms with E-state index in [4.69, 9.17) is 25.8 Å². The first-order valence-corrected chi connectivity index (χ1v) is 13.1. The number of piperidine rings is 1. The third kappa shape index (κ3) is 6.28. The molecule has 1 saturated heterocycles. The molecule has 1 aromatic rings. The van der Waals surface area contributed by atoms with E-state index < -0.39 is 5.60 Å². The van der Waals surface area contributed by atoms with Gasteiger partial charge in [0.2, 0.25) is 5.60 Å². The minimum Gasteiger partial charge on any atom is -0.473 e. The number of carbonyl (C=O) groups is 2. The van der Waals surface area contributed by atoms with Crippen molar-refractivity contribution in [1.82, 2.24) is 10.2 Å². The number of carbonyl (C=O) groups excluding carboxylic acids is 2. The van der Waals surface area contributed by atoms with Crippen molar-refractivity contribution in [2.75, 3.05) is 51.5 Å². The zero-order valence-corrected chi connectivity index (χ0v) is 22.5. The molecule has 2 aliphatic rings. The first-order valence-electron chi connectivity index (χ1n) is 12.7. The van der Waals surface area contributed by atoms with Crippen LogP contribution in [-0.2, 0) is 14.3 Å². The third-order valence-corrected chi connectivity index (χ3v) is 6.93. The maximum atomic E-state index is 13.8. The number of amides is 2. The predicted octanol–water partition coefficient (Wildman–Crippen LogP) is 3.89. The van der Waals surface area contributed by atoms with Gasteiger partial charge in [0.15, 0.2) is 0 Å². The zero-order chi connectivity index (χ0) is 25.6. The number of benzene rings is 1. The summed E-state index contributed by atoms with van der Waals surface area (Å²) in [6, 6.07) is 3.50. The molecule has 35 heavy (non-hydrogen) atoms. The van der Waals surface area contributed by atoms with E-state index in [9.17, 15) is 9.59 Å². The molecule has 1 N–H and O–H groups in total. The molecule has 1 fully saturated rings. The Morgan fingerprint density at radius 3 is 2.77 bits per heavy atom. The van der Waals surface area contributed by atoms with Gasteiger partial charge in [-0.25, -0.2) is 0 Å². The van der Waals surface area contributed by atoms with Gasteiger partial charge in [-0.15, -0.1) is 0 Å². The Labute approximate surface area is 214 Å². The summed E-state index contributed by atoms with van der Waals surface area (Å²) >= 11 is 6.68. The number of halogens is 1. The van der Waals surface area contributed by atoms with Crippen LogP contribution in [0.2, 0.25) is 5.02 Å². The van der Waals surface area contributed by atoms with E-state index in [1.54, 1.807) is 31.1 Å². The Bertz CT molecular complexity index is 890. The number of fused-ring (bicyclic) bond motifs is 1. The van der Waals surface area contributed by atoms with Crippen molar-refractivity contribution in [2.45, 2.75) is 71.1 Å². The highest BCUT2D eigenvalue weighted by atomic mass is 35.5. The molecule has 2 atom stereocenters. The van der Waals surface area contributed by atoms with Crippen LogP contribution in [0.5, 0.6) is 5.75 Å². The lowest BCUT2D eigenvalue weighted by Gasteiger charge is -2.41. The van der Waals surface area contributed by atoms with Gasteiger partial charge in [-0.1, -0.05) is 11.6 Å². The summed E-state index contributed by atoms with van der Waals surface area (Å²) in [7, 11) is 1.66. The highest BCUT2D eigenvalue weighted by Gasteiger charge is 2.45. The van der Waals surface area contributed by atoms with Crippen LogP contribution in [0, 0.1) is 0 Å². The highest BCUT2D eigenvalue weighted by Crippen LogP contribution is 2.42. The van der Waals surface area contributed by atoms with Crippen LogP contribution >= 0.6 is 11.6 Å². The highest BCUT2D eigenvalue weighted by molar-refractivity contribution is 6.34. The minimum absolute atomic E-state index is 0.0111. The van der Waals surface area contributed by atoms with E-state index >= 15 is 0 Å². The molecule has 0 aliphatic carbocycles. The quantitative estimate of drug-likeness (QED) is 0.456. The Morgan fingerprint density at radius 2 is 2.14 bits per heavy atom. The molecule has 0 saturated carbocycles. The molecule has 9 heteroatoms. The number of hydrogen-bond donors (Lipinski definition) is 1. The van der Waals surface area contributed by atoms with E-state index in [-0.39, 0.29) is 30.5 Å². The summed E-state index contributed by atoms with van der Waals surface area (Å²) in [6.45, 7) is 11.1. The van der Waals surface area contributed by atoms with E-state index in [1.165, 1.54) is 0 Å². The molecular weight excluding hydrogens is 470 g/mol. The van der Waals surface area contributed by atoms with Gasteiger partial charge in [0.1, 0.15) is 5.75 Å². The third-order valence-electron chi connectivity index (χ3n) is 6.62. The number of methoxy groups -OCH3 is 1. The van der Waals surface area contributed by atoms with Crippen molar-refractivity contribution in [2.24, 2.45) is 0 Å². The molecule has 196 valence electrons. The minimum atomic E-state index is -1.17. The van der Waals surface area contributed by atoms with Crippen molar-refractivity contribution in [3.05, 3.63) is 22.7 Å². The zero-order valence-electron chi connectivity index (χ0n) is 21.7. The van der Waals surface area contributed by atoms with E-state index in [1.807, 2.05) is 25.7 Å². The average Bonchev–Trinajstić information content (AvgIpc) is 2.83. The fourth-order valence-corrected chi connectivity index (χ4v) is 5.07. The van der Waals surface area contributed by atoms with Crippen molar-refractivity contribution < 1.29 is 23.8 Å². The molecule has 0 radical (unpaired) electrons. The fourth-order valence-electron chi connectivity index (χ4n) is 4.84. The number of unbranched alkanes of at least 4 members (excludes halogenated alkanes) is 1. The van der Waals surface area contributed by atoms with Crippen LogP contribution < -0.4 is 15.0 Å². The first-order chi connectivity index (χ1) is 16.7. The fraction of sp³-hybridized carbons (Fsp3) is 0.692. The van der Waals surface area contributed by atoms with Crippen LogP contribution in [0.4, 0.5) is 5.69 Å². The first kappa shape index (κ1) is 27.7. The van der Waals surface area contributed by atoms with E-state index in [0.29, 0.717) is 41.8 Å². The second kappa shape index (κ2) is 12.4. The van der Waals surface area contributed by atoms with E-state index in [0.717, 1.165) is 38.8 Å². The van der Waals surface area contributed by atoms with Crippen molar-refractivity contribution in [1.29, 1.82) is 0 Å². The number of rotatable bonds is 11. The second-order valence-electron chi connectivity index (χ2n) is 9.73. The lowest BCUT2D eigenvalue weighted by molar-refractivity contribution is -0.139. The molecule has 3 rings (SSSR count). The summed E-state index contributed by atoms with van der Waals surface area (Å²) in [4.78, 5) is 31.0. The number of ether oxygens (including phenoxy) is 3. The van der Waals surface area contributed by atoms with Gasteiger partial charge in [-0.2, -0.15) is 0 Å². The van der Waals surface area contributed by atoms with Gasteiger partial charge in [-0.3, -0.25) is 9.59 Å². The van der Waals surface area contributed by atoms with Crippen LogP contribution in [0.3, 0.4) is 0 Å². The molecule has 2 amide bonds. The summed E-state index contributed by atoms with van der Waals surface area (Å²) in [5.74, 6) is 0.167. The van der Waals surface area contributed by atoms with Crippen molar-refractivity contribution in [3.8, 4) is 5.75 Å². The maximum absolute atomic E-state index is 13.8. The lowest BCUT2D eigenvalue weighted by atomic mass is 9.99. The Balaban J connectivity index is 1.98. The van der Waals surface area contributed by atoms with E-state index in [2.05, 4.69) is 5.32 Å². The standard InChI is InChI=1S/C26H40ClN3O5/c1-6-34-17-26(4)25(32)29(12-7-8-13-33-5)22-14-20(21(27)15-23(22)35-26)24(31)30(18(2)3)19-10-9-11-28-16-19/h14-15,18-19,28H,6-13,16-17H2,1-5H3/t19-,26?/m1/s1. The number of anilines is 1. The van der Waals surface area contributed by atoms with Gasteiger partial charge in [0.25, 0.3) is 11.8 Å². The molecule has 8 nitrogen and oxygen atoms in total. The molecule has 1 unspecified atom stereocenters. The summed E-state index contributed by atoms with van der Waals surface area (Å²) < 4.78 is 16.9. The van der Waals surface area contributed by atoms with Crippen LogP contribution in [-0.4, -0.2) is 81.0 Å². The van der Waals surface area contributed by atoms with Gasteiger partial charge in [0, 0.05) is 51.6 Å². The molecule has 0 spiro atoms. The van der Waals surface area contributed by atoms with Gasteiger partial charge in [-0.05, 0) is 66.0 Å². The largest absolute Gasteiger partial charge is 0.473 e. The average molecular weight is 510 g/mol. The second-order valence-corrected chi connectivity index (χ2v) is 10.1. The van der Waals surface area contributed by atoms with Crippen molar-refractivity contribution >= 4 is 29.1 Å². The number of hydrogen-bond acceptors (Lipinski definition) is 6. The Kier molecular flexibility index (Phi) is 9.81. The monoisotopic (exact) mass is 509 g/mol. The Hall–Kier alpha value is -1.87. The maximum Gasteiger partial charge on any atom is 0.273 e. The summed E-state index contributed by atoms with van der Waals surface area (Å²) in [5.41, 5.74) is -0.215. The lowest BCUT2D eigenvalue weighted by Crippen LogP contribution is -2.57. The van der Waals surface area contributed by atoms with Crippen molar-refractivity contribution in [3.63, 3.8) is 0 Å². The molecule has 1 aromatic carbocycles. The van der Waals surface area contributed by atoms with Gasteiger partial charge >= 0.3 is 0 Å². The van der Waals surface area contributed by atoms with Crippen LogP contribution in [0.1, 0.15) is 63.7 Å². The smallest absolute Gasteiger partial charge is 0.273 e. The summed E-state index contributed by atoms with van der Waals surface area (Å²) in [6.07, 6.45) is 3.53. The molecular formula is C26H40ClN3O5. The normalized spacial score (nSPS) is 22.2. The molecule has 0 aromatic heterocycles. The van der Waals surface area contributed by atoms with Crippen LogP contribution in [0.15, 0.2) is 12.1 Å². The van der Waals surface area contributed by atoms with Crippen LogP contribution in [0.25, 0.3) is 0 Å². The number of nitrogens with one attached hydrogen (secondary N) is 1. The predicted molar refractivity (Wildman–Crippen MR) is 138 cm³/mol.